The Kier molecular flexibility index (Phi) is 9.93. The number of aromatic hydroxyl groups is 2. The van der Waals surface area contributed by atoms with Gasteiger partial charge in [0.05, 0.1) is 13.2 Å². The van der Waals surface area contributed by atoms with Crippen LogP contribution in [-0.2, 0) is 0 Å². The van der Waals surface area contributed by atoms with Gasteiger partial charge in [0, 0.05) is 0 Å². The first-order valence-electron chi connectivity index (χ1n) is 8.49. The van der Waals surface area contributed by atoms with Crippen LogP contribution in [0, 0.1) is 0 Å². The Hall–Kier alpha value is -2.36. The van der Waals surface area contributed by atoms with Crippen LogP contribution in [0.5, 0.6) is 23.0 Å². The largest absolute Gasteiger partial charge is 0.508 e. The van der Waals surface area contributed by atoms with Crippen molar-refractivity contribution in [3.63, 3.8) is 0 Å². The van der Waals surface area contributed by atoms with Gasteiger partial charge in [0.15, 0.2) is 0 Å². The molecule has 0 radical (unpaired) electrons. The molecule has 4 nitrogen and oxygen atoms in total. The molecule has 0 amide bonds. The predicted octanol–water partition coefficient (Wildman–Crippen LogP) is 5.14. The third-order valence-electron chi connectivity index (χ3n) is 3.21. The van der Waals surface area contributed by atoms with Crippen LogP contribution in [0.4, 0.5) is 0 Å². The lowest BCUT2D eigenvalue weighted by Gasteiger charge is -2.04. The van der Waals surface area contributed by atoms with E-state index in [1.807, 2.05) is 0 Å². The minimum atomic E-state index is 0.276. The topological polar surface area (TPSA) is 58.9 Å². The highest BCUT2D eigenvalue weighted by molar-refractivity contribution is 5.30. The molecular formula is C20H28O4. The van der Waals surface area contributed by atoms with E-state index >= 15 is 0 Å². The van der Waals surface area contributed by atoms with Gasteiger partial charge >= 0.3 is 0 Å². The zero-order valence-corrected chi connectivity index (χ0v) is 14.6. The SMILES string of the molecule is CCCCOc1ccc(O)cc1.CCCCOc1ccc(O)cc1. The standard InChI is InChI=1S/2C10H14O2/c2*1-2-3-8-12-10-6-4-9(11)5-7-10/h2*4-7,11H,2-3,8H2,1H3. The Bertz CT molecular complexity index is 483. The fourth-order valence-electron chi connectivity index (χ4n) is 1.75. The average Bonchev–Trinajstić information content (AvgIpc) is 2.59. The van der Waals surface area contributed by atoms with Crippen LogP contribution in [0.1, 0.15) is 39.5 Å². The van der Waals surface area contributed by atoms with Crippen LogP contribution in [-0.4, -0.2) is 23.4 Å². The van der Waals surface area contributed by atoms with Gasteiger partial charge in [-0.3, -0.25) is 0 Å². The van der Waals surface area contributed by atoms with E-state index in [0.29, 0.717) is 0 Å². The minimum Gasteiger partial charge on any atom is -0.508 e. The maximum Gasteiger partial charge on any atom is 0.119 e. The van der Waals surface area contributed by atoms with E-state index in [9.17, 15) is 0 Å². The molecule has 2 aromatic carbocycles. The molecule has 0 aliphatic heterocycles. The lowest BCUT2D eigenvalue weighted by Crippen LogP contribution is -1.95. The molecule has 24 heavy (non-hydrogen) atoms. The first-order chi connectivity index (χ1) is 11.7. The Morgan fingerprint density at radius 1 is 0.625 bits per heavy atom. The van der Waals surface area contributed by atoms with E-state index in [0.717, 1.165) is 50.4 Å². The van der Waals surface area contributed by atoms with Crippen molar-refractivity contribution in [2.24, 2.45) is 0 Å². The Labute approximate surface area is 144 Å². The van der Waals surface area contributed by atoms with Gasteiger partial charge in [-0.05, 0) is 61.4 Å². The van der Waals surface area contributed by atoms with E-state index in [1.54, 1.807) is 48.5 Å². The minimum absolute atomic E-state index is 0.276. The van der Waals surface area contributed by atoms with Crippen molar-refractivity contribution in [1.82, 2.24) is 0 Å². The van der Waals surface area contributed by atoms with Crippen LogP contribution in [0.15, 0.2) is 48.5 Å². The number of unbranched alkanes of at least 4 members (excludes halogenated alkanes) is 2. The molecule has 0 fully saturated rings. The zero-order chi connectivity index (χ0) is 17.6. The number of phenols is 2. The van der Waals surface area contributed by atoms with Crippen LogP contribution < -0.4 is 9.47 Å². The normalized spacial score (nSPS) is 9.75. The second-order valence-electron chi connectivity index (χ2n) is 5.39. The van der Waals surface area contributed by atoms with Crippen LogP contribution >= 0.6 is 0 Å². The molecule has 0 heterocycles. The summed E-state index contributed by atoms with van der Waals surface area (Å²) >= 11 is 0. The molecule has 132 valence electrons. The van der Waals surface area contributed by atoms with Crippen LogP contribution in [0.2, 0.25) is 0 Å². The summed E-state index contributed by atoms with van der Waals surface area (Å²) in [6.45, 7) is 5.75. The molecular weight excluding hydrogens is 304 g/mol. The molecule has 0 unspecified atom stereocenters. The average molecular weight is 332 g/mol. The van der Waals surface area contributed by atoms with Crippen molar-refractivity contribution in [1.29, 1.82) is 0 Å². The highest BCUT2D eigenvalue weighted by Crippen LogP contribution is 2.16. The monoisotopic (exact) mass is 332 g/mol. The quantitative estimate of drug-likeness (QED) is 0.657. The maximum absolute atomic E-state index is 8.97. The molecule has 0 atom stereocenters. The summed E-state index contributed by atoms with van der Waals surface area (Å²) in [6.07, 6.45) is 4.41. The van der Waals surface area contributed by atoms with Crippen molar-refractivity contribution in [3.05, 3.63) is 48.5 Å². The number of hydrogen-bond donors (Lipinski definition) is 2. The van der Waals surface area contributed by atoms with Gasteiger partial charge < -0.3 is 19.7 Å². The summed E-state index contributed by atoms with van der Waals surface area (Å²) in [4.78, 5) is 0. The third kappa shape index (κ3) is 8.93. The molecule has 2 N–H and O–H groups in total. The van der Waals surface area contributed by atoms with Crippen LogP contribution in [0.3, 0.4) is 0 Å². The van der Waals surface area contributed by atoms with E-state index < -0.39 is 0 Å². The molecule has 0 bridgehead atoms. The Morgan fingerprint density at radius 2 is 0.958 bits per heavy atom. The molecule has 0 aromatic heterocycles. The maximum atomic E-state index is 8.97. The molecule has 0 saturated heterocycles. The number of hydrogen-bond acceptors (Lipinski definition) is 4. The van der Waals surface area contributed by atoms with Crippen LogP contribution in [0.25, 0.3) is 0 Å². The lowest BCUT2D eigenvalue weighted by molar-refractivity contribution is 0.308. The van der Waals surface area contributed by atoms with E-state index in [-0.39, 0.29) is 11.5 Å². The number of phenolic OH excluding ortho intramolecular Hbond substituents is 2. The zero-order valence-electron chi connectivity index (χ0n) is 14.6. The molecule has 0 aliphatic carbocycles. The third-order valence-corrected chi connectivity index (χ3v) is 3.21. The fourth-order valence-corrected chi connectivity index (χ4v) is 1.75. The number of ether oxygens (including phenoxy) is 2. The van der Waals surface area contributed by atoms with Crippen molar-refractivity contribution in [2.45, 2.75) is 39.5 Å². The molecule has 0 saturated carbocycles. The molecule has 0 aliphatic rings. The summed E-state index contributed by atoms with van der Waals surface area (Å²) in [7, 11) is 0. The summed E-state index contributed by atoms with van der Waals surface area (Å²) in [6, 6.07) is 13.6. The van der Waals surface area contributed by atoms with E-state index in [2.05, 4.69) is 13.8 Å². The summed E-state index contributed by atoms with van der Waals surface area (Å²) in [5, 5.41) is 17.9. The van der Waals surface area contributed by atoms with Crippen molar-refractivity contribution < 1.29 is 19.7 Å². The highest BCUT2D eigenvalue weighted by Gasteiger charge is 1.93. The van der Waals surface area contributed by atoms with Crippen molar-refractivity contribution >= 4 is 0 Å². The smallest absolute Gasteiger partial charge is 0.119 e. The second-order valence-corrected chi connectivity index (χ2v) is 5.39. The molecule has 2 aromatic rings. The molecule has 0 spiro atoms. The van der Waals surface area contributed by atoms with Gasteiger partial charge in [0.25, 0.3) is 0 Å². The lowest BCUT2D eigenvalue weighted by atomic mass is 10.3. The van der Waals surface area contributed by atoms with Gasteiger partial charge in [-0.2, -0.15) is 0 Å². The van der Waals surface area contributed by atoms with Crippen molar-refractivity contribution in [2.75, 3.05) is 13.2 Å². The van der Waals surface area contributed by atoms with E-state index in [4.69, 9.17) is 19.7 Å². The molecule has 2 rings (SSSR count). The van der Waals surface area contributed by atoms with E-state index in [1.165, 1.54) is 0 Å². The van der Waals surface area contributed by atoms with Gasteiger partial charge in [0.2, 0.25) is 0 Å². The van der Waals surface area contributed by atoms with Gasteiger partial charge in [-0.25, -0.2) is 0 Å². The Morgan fingerprint density at radius 3 is 1.25 bits per heavy atom. The number of benzene rings is 2. The second kappa shape index (κ2) is 12.1. The first kappa shape index (κ1) is 19.7. The van der Waals surface area contributed by atoms with Crippen molar-refractivity contribution in [3.8, 4) is 23.0 Å². The fraction of sp³-hybridized carbons (Fsp3) is 0.400. The first-order valence-corrected chi connectivity index (χ1v) is 8.49. The summed E-state index contributed by atoms with van der Waals surface area (Å²) in [5.74, 6) is 2.19. The van der Waals surface area contributed by atoms with Gasteiger partial charge in [-0.15, -0.1) is 0 Å². The summed E-state index contributed by atoms with van der Waals surface area (Å²) in [5.41, 5.74) is 0. The highest BCUT2D eigenvalue weighted by atomic mass is 16.5. The number of rotatable bonds is 8. The summed E-state index contributed by atoms with van der Waals surface area (Å²) < 4.78 is 10.8. The van der Waals surface area contributed by atoms with Gasteiger partial charge in [-0.1, -0.05) is 26.7 Å². The molecule has 4 heteroatoms. The predicted molar refractivity (Wildman–Crippen MR) is 97.0 cm³/mol. The van der Waals surface area contributed by atoms with Gasteiger partial charge in [0.1, 0.15) is 23.0 Å². The Balaban J connectivity index is 0.000000240.